The van der Waals surface area contributed by atoms with E-state index in [4.69, 9.17) is 0 Å². The van der Waals surface area contributed by atoms with E-state index in [0.29, 0.717) is 12.1 Å². The average molecular weight is 235 g/mol. The standard InChI is InChI=1S/C13H17NO3/c1-3-14-11-7-5-4-6-10(11)13(17,12(14)16)8-9(2)15/h4-7,9,15,17H,3,8H2,1-2H3/t9-,13-/m0/s1. The number of nitrogens with zero attached hydrogens (tertiary/aromatic N) is 1. The quantitative estimate of drug-likeness (QED) is 0.822. The fraction of sp³-hybridized carbons (Fsp3) is 0.462. The lowest BCUT2D eigenvalue weighted by Crippen LogP contribution is -2.42. The van der Waals surface area contributed by atoms with E-state index in [0.717, 1.165) is 5.69 Å². The smallest absolute Gasteiger partial charge is 0.263 e. The Labute approximate surface area is 100 Å². The van der Waals surface area contributed by atoms with Crippen molar-refractivity contribution in [1.29, 1.82) is 0 Å². The van der Waals surface area contributed by atoms with Gasteiger partial charge in [0.05, 0.1) is 11.8 Å². The van der Waals surface area contributed by atoms with Crippen LogP contribution in [0.25, 0.3) is 0 Å². The lowest BCUT2D eigenvalue weighted by atomic mass is 9.90. The van der Waals surface area contributed by atoms with Crippen molar-refractivity contribution in [3.63, 3.8) is 0 Å². The van der Waals surface area contributed by atoms with E-state index in [1.165, 1.54) is 0 Å². The highest BCUT2D eigenvalue weighted by atomic mass is 16.3. The van der Waals surface area contributed by atoms with Gasteiger partial charge in [-0.3, -0.25) is 4.79 Å². The van der Waals surface area contributed by atoms with Crippen LogP contribution in [-0.4, -0.2) is 28.8 Å². The van der Waals surface area contributed by atoms with Crippen molar-refractivity contribution in [2.45, 2.75) is 32.0 Å². The summed E-state index contributed by atoms with van der Waals surface area (Å²) in [5.41, 5.74) is -0.253. The molecular formula is C13H17NO3. The number of carbonyl (C=O) groups is 1. The number of benzene rings is 1. The maximum absolute atomic E-state index is 12.2. The van der Waals surface area contributed by atoms with Crippen molar-refractivity contribution in [1.82, 2.24) is 0 Å². The summed E-state index contributed by atoms with van der Waals surface area (Å²) in [7, 11) is 0. The monoisotopic (exact) mass is 235 g/mol. The number of rotatable bonds is 3. The highest BCUT2D eigenvalue weighted by Gasteiger charge is 2.49. The number of para-hydroxylation sites is 1. The van der Waals surface area contributed by atoms with E-state index < -0.39 is 11.7 Å². The Bertz CT molecular complexity index is 444. The molecule has 0 radical (unpaired) electrons. The van der Waals surface area contributed by atoms with E-state index >= 15 is 0 Å². The first-order chi connectivity index (χ1) is 8.00. The molecule has 0 aliphatic carbocycles. The van der Waals surface area contributed by atoms with Gasteiger partial charge >= 0.3 is 0 Å². The second kappa shape index (κ2) is 4.13. The summed E-state index contributed by atoms with van der Waals surface area (Å²) in [6.45, 7) is 3.95. The van der Waals surface area contributed by atoms with Gasteiger partial charge < -0.3 is 15.1 Å². The molecular weight excluding hydrogens is 218 g/mol. The largest absolute Gasteiger partial charge is 0.393 e. The first-order valence-corrected chi connectivity index (χ1v) is 5.82. The summed E-state index contributed by atoms with van der Waals surface area (Å²) in [6, 6.07) is 7.18. The SMILES string of the molecule is CCN1C(=O)[C@](O)(C[C@H](C)O)c2ccccc21. The Morgan fingerprint density at radius 3 is 2.65 bits per heavy atom. The number of aliphatic hydroxyl groups is 2. The van der Waals surface area contributed by atoms with Crippen LogP contribution in [0.4, 0.5) is 5.69 Å². The van der Waals surface area contributed by atoms with E-state index in [2.05, 4.69) is 0 Å². The number of carbonyl (C=O) groups excluding carboxylic acids is 1. The van der Waals surface area contributed by atoms with E-state index in [-0.39, 0.29) is 12.3 Å². The van der Waals surface area contributed by atoms with Crippen LogP contribution in [0.2, 0.25) is 0 Å². The van der Waals surface area contributed by atoms with Gasteiger partial charge in [-0.1, -0.05) is 18.2 Å². The Morgan fingerprint density at radius 1 is 1.41 bits per heavy atom. The number of hydrogen-bond donors (Lipinski definition) is 2. The van der Waals surface area contributed by atoms with Gasteiger partial charge in [-0.25, -0.2) is 0 Å². The molecule has 2 atom stereocenters. The fourth-order valence-corrected chi connectivity index (χ4v) is 2.45. The summed E-state index contributed by atoms with van der Waals surface area (Å²) in [6.07, 6.45) is -0.701. The van der Waals surface area contributed by atoms with Crippen molar-refractivity contribution in [3.8, 4) is 0 Å². The molecule has 1 amide bonds. The normalized spacial score (nSPS) is 24.9. The summed E-state index contributed by atoms with van der Waals surface area (Å²) in [4.78, 5) is 13.8. The zero-order valence-electron chi connectivity index (χ0n) is 10.1. The number of fused-ring (bicyclic) bond motifs is 1. The van der Waals surface area contributed by atoms with Gasteiger partial charge in [0.15, 0.2) is 5.60 Å². The highest BCUT2D eigenvalue weighted by molar-refractivity contribution is 6.06. The van der Waals surface area contributed by atoms with Crippen LogP contribution < -0.4 is 4.90 Å². The molecule has 1 heterocycles. The molecule has 92 valence electrons. The van der Waals surface area contributed by atoms with Crippen LogP contribution in [0.3, 0.4) is 0 Å². The second-order valence-electron chi connectivity index (χ2n) is 4.48. The Kier molecular flexibility index (Phi) is 2.93. The van der Waals surface area contributed by atoms with Crippen LogP contribution >= 0.6 is 0 Å². The van der Waals surface area contributed by atoms with Crippen molar-refractivity contribution in [3.05, 3.63) is 29.8 Å². The third kappa shape index (κ3) is 1.73. The number of likely N-dealkylation sites (N-methyl/N-ethyl adjacent to an activating group) is 1. The van der Waals surface area contributed by atoms with E-state index in [1.807, 2.05) is 19.1 Å². The molecule has 0 unspecified atom stereocenters. The van der Waals surface area contributed by atoms with Crippen LogP contribution in [0.15, 0.2) is 24.3 Å². The van der Waals surface area contributed by atoms with Crippen molar-refractivity contribution < 1.29 is 15.0 Å². The predicted octanol–water partition coefficient (Wildman–Crippen LogP) is 1.01. The Hall–Kier alpha value is -1.39. The first-order valence-electron chi connectivity index (χ1n) is 5.82. The van der Waals surface area contributed by atoms with Crippen molar-refractivity contribution in [2.24, 2.45) is 0 Å². The van der Waals surface area contributed by atoms with Crippen LogP contribution in [0.1, 0.15) is 25.8 Å². The van der Waals surface area contributed by atoms with Crippen LogP contribution in [-0.2, 0) is 10.4 Å². The highest BCUT2D eigenvalue weighted by Crippen LogP contribution is 2.42. The number of hydrogen-bond acceptors (Lipinski definition) is 3. The topological polar surface area (TPSA) is 60.8 Å². The molecule has 2 rings (SSSR count). The molecule has 2 N–H and O–H groups in total. The third-order valence-electron chi connectivity index (χ3n) is 3.15. The minimum atomic E-state index is -1.58. The van der Waals surface area contributed by atoms with Crippen molar-refractivity contribution in [2.75, 3.05) is 11.4 Å². The molecule has 0 saturated heterocycles. The van der Waals surface area contributed by atoms with Crippen molar-refractivity contribution >= 4 is 11.6 Å². The van der Waals surface area contributed by atoms with Gasteiger partial charge in [0.25, 0.3) is 5.91 Å². The molecule has 0 spiro atoms. The van der Waals surface area contributed by atoms with Gasteiger partial charge in [-0.15, -0.1) is 0 Å². The lowest BCUT2D eigenvalue weighted by Gasteiger charge is -2.23. The fourth-order valence-electron chi connectivity index (χ4n) is 2.45. The molecule has 17 heavy (non-hydrogen) atoms. The Balaban J connectivity index is 2.52. The Morgan fingerprint density at radius 2 is 2.06 bits per heavy atom. The first kappa shape index (κ1) is 12.1. The van der Waals surface area contributed by atoms with E-state index in [9.17, 15) is 15.0 Å². The van der Waals surface area contributed by atoms with Gasteiger partial charge in [0.1, 0.15) is 0 Å². The molecule has 4 heteroatoms. The van der Waals surface area contributed by atoms with Crippen LogP contribution in [0, 0.1) is 0 Å². The summed E-state index contributed by atoms with van der Waals surface area (Å²) in [5, 5.41) is 20.0. The molecule has 0 fully saturated rings. The number of amides is 1. The minimum Gasteiger partial charge on any atom is -0.393 e. The van der Waals surface area contributed by atoms with Gasteiger partial charge in [-0.2, -0.15) is 0 Å². The van der Waals surface area contributed by atoms with Gasteiger partial charge in [-0.05, 0) is 19.9 Å². The summed E-state index contributed by atoms with van der Waals surface area (Å²) in [5.74, 6) is -0.345. The lowest BCUT2D eigenvalue weighted by molar-refractivity contribution is -0.139. The molecule has 0 aromatic heterocycles. The summed E-state index contributed by atoms with van der Waals surface area (Å²) < 4.78 is 0. The summed E-state index contributed by atoms with van der Waals surface area (Å²) >= 11 is 0. The molecule has 1 aromatic rings. The molecule has 1 aliphatic rings. The average Bonchev–Trinajstić information content (AvgIpc) is 2.48. The zero-order chi connectivity index (χ0) is 12.6. The predicted molar refractivity (Wildman–Crippen MR) is 64.7 cm³/mol. The third-order valence-corrected chi connectivity index (χ3v) is 3.15. The van der Waals surface area contributed by atoms with Gasteiger partial charge in [0, 0.05) is 18.5 Å². The minimum absolute atomic E-state index is 0.0271. The zero-order valence-corrected chi connectivity index (χ0v) is 10.1. The maximum Gasteiger partial charge on any atom is 0.263 e. The maximum atomic E-state index is 12.2. The number of anilines is 1. The molecule has 4 nitrogen and oxygen atoms in total. The number of aliphatic hydroxyl groups excluding tert-OH is 1. The molecule has 0 bridgehead atoms. The molecule has 1 aromatic carbocycles. The molecule has 1 aliphatic heterocycles. The molecule has 0 saturated carbocycles. The van der Waals surface area contributed by atoms with E-state index in [1.54, 1.807) is 24.0 Å². The van der Waals surface area contributed by atoms with Gasteiger partial charge in [0.2, 0.25) is 0 Å². The van der Waals surface area contributed by atoms with Crippen LogP contribution in [0.5, 0.6) is 0 Å². The second-order valence-corrected chi connectivity index (χ2v) is 4.48.